The average Bonchev–Trinajstić information content (AvgIpc) is 3.61. The highest BCUT2D eigenvalue weighted by Crippen LogP contribution is 2.45. The van der Waals surface area contributed by atoms with Gasteiger partial charge in [-0.25, -0.2) is 4.98 Å². The minimum atomic E-state index is -0.950. The first kappa shape index (κ1) is 27.5. The third-order valence-corrected chi connectivity index (χ3v) is 8.51. The molecule has 9 nitrogen and oxygen atoms in total. The van der Waals surface area contributed by atoms with Gasteiger partial charge in [0.2, 0.25) is 0 Å². The first-order valence-electron chi connectivity index (χ1n) is 13.9. The first-order chi connectivity index (χ1) is 21.5. The second kappa shape index (κ2) is 11.4. The number of ketones is 1. The SMILES string of the molecule is COc1ccc2nc(N3C(=O)C(=O)C(=C(O)c4ccc5c(c4)OCCO5)[C@H]3c3ccc(OCc4ccccc4)cc3)sc2c1. The van der Waals surface area contributed by atoms with Crippen molar-refractivity contribution in [1.82, 2.24) is 4.98 Å². The zero-order valence-electron chi connectivity index (χ0n) is 23.6. The molecule has 1 saturated heterocycles. The zero-order valence-corrected chi connectivity index (χ0v) is 24.4. The van der Waals surface area contributed by atoms with Crippen molar-refractivity contribution in [2.75, 3.05) is 25.2 Å². The number of aromatic nitrogens is 1. The number of aliphatic hydroxyl groups is 1. The van der Waals surface area contributed by atoms with Crippen molar-refractivity contribution >= 4 is 44.1 Å². The number of nitrogens with zero attached hydrogens (tertiary/aromatic N) is 2. The number of methoxy groups -OCH3 is 1. The largest absolute Gasteiger partial charge is 0.507 e. The quantitative estimate of drug-likeness (QED) is 0.131. The molecule has 4 aromatic carbocycles. The molecule has 3 heterocycles. The summed E-state index contributed by atoms with van der Waals surface area (Å²) in [6.07, 6.45) is 0. The molecule has 220 valence electrons. The minimum absolute atomic E-state index is 0.0542. The molecule has 0 spiro atoms. The number of thiazole rings is 1. The van der Waals surface area contributed by atoms with Gasteiger partial charge in [-0.05, 0) is 59.7 Å². The van der Waals surface area contributed by atoms with E-state index in [0.29, 0.717) is 64.6 Å². The minimum Gasteiger partial charge on any atom is -0.507 e. The number of hydrogen-bond donors (Lipinski definition) is 1. The number of carbonyl (C=O) groups excluding carboxylic acids is 2. The van der Waals surface area contributed by atoms with E-state index in [9.17, 15) is 14.7 Å². The molecule has 1 atom stereocenters. The van der Waals surface area contributed by atoms with Crippen LogP contribution in [0.25, 0.3) is 16.0 Å². The predicted octanol–water partition coefficient (Wildman–Crippen LogP) is 6.28. The molecule has 7 rings (SSSR count). The van der Waals surface area contributed by atoms with E-state index in [-0.39, 0.29) is 11.3 Å². The van der Waals surface area contributed by atoms with Crippen LogP contribution in [0.1, 0.15) is 22.7 Å². The summed E-state index contributed by atoms with van der Waals surface area (Å²) in [5.74, 6) is 0.338. The third-order valence-electron chi connectivity index (χ3n) is 7.49. The second-order valence-electron chi connectivity index (χ2n) is 10.2. The topological polar surface area (TPSA) is 107 Å². The molecule has 2 aliphatic rings. The maximum Gasteiger partial charge on any atom is 0.301 e. The number of carbonyl (C=O) groups is 2. The van der Waals surface area contributed by atoms with Crippen LogP contribution in [0.15, 0.2) is 96.6 Å². The van der Waals surface area contributed by atoms with Crippen LogP contribution in [0.4, 0.5) is 5.13 Å². The molecule has 0 radical (unpaired) electrons. The Bertz CT molecular complexity index is 1920. The van der Waals surface area contributed by atoms with Gasteiger partial charge in [-0.3, -0.25) is 14.5 Å². The second-order valence-corrected chi connectivity index (χ2v) is 11.2. The summed E-state index contributed by atoms with van der Waals surface area (Å²) in [6.45, 7) is 1.17. The maximum atomic E-state index is 13.7. The zero-order chi connectivity index (χ0) is 30.2. The van der Waals surface area contributed by atoms with Crippen LogP contribution in [0.5, 0.6) is 23.0 Å². The summed E-state index contributed by atoms with van der Waals surface area (Å²) < 4.78 is 23.4. The Hall–Kier alpha value is -5.35. The van der Waals surface area contributed by atoms with Gasteiger partial charge >= 0.3 is 5.91 Å². The number of benzene rings is 4. The number of fused-ring (bicyclic) bond motifs is 2. The van der Waals surface area contributed by atoms with Crippen molar-refractivity contribution in [2.24, 2.45) is 0 Å². The lowest BCUT2D eigenvalue weighted by atomic mass is 9.95. The lowest BCUT2D eigenvalue weighted by Gasteiger charge is -2.23. The summed E-state index contributed by atoms with van der Waals surface area (Å²) in [4.78, 5) is 33.4. The van der Waals surface area contributed by atoms with Crippen LogP contribution < -0.4 is 23.8 Å². The monoisotopic (exact) mass is 606 g/mol. The van der Waals surface area contributed by atoms with Gasteiger partial charge < -0.3 is 24.1 Å². The van der Waals surface area contributed by atoms with Crippen molar-refractivity contribution in [1.29, 1.82) is 0 Å². The smallest absolute Gasteiger partial charge is 0.301 e. The van der Waals surface area contributed by atoms with Crippen molar-refractivity contribution in [3.8, 4) is 23.0 Å². The van der Waals surface area contributed by atoms with Crippen molar-refractivity contribution < 1.29 is 33.6 Å². The molecule has 1 aromatic heterocycles. The fourth-order valence-corrected chi connectivity index (χ4v) is 6.32. The lowest BCUT2D eigenvalue weighted by Crippen LogP contribution is -2.29. The molecule has 0 saturated carbocycles. The number of anilines is 1. The molecule has 1 fully saturated rings. The Labute approximate surface area is 256 Å². The third kappa shape index (κ3) is 4.99. The summed E-state index contributed by atoms with van der Waals surface area (Å²) >= 11 is 1.26. The Morgan fingerprint density at radius 3 is 2.45 bits per heavy atom. The predicted molar refractivity (Wildman–Crippen MR) is 166 cm³/mol. The van der Waals surface area contributed by atoms with Crippen LogP contribution in [-0.2, 0) is 16.2 Å². The van der Waals surface area contributed by atoms with Crippen LogP contribution in [0.2, 0.25) is 0 Å². The van der Waals surface area contributed by atoms with Gasteiger partial charge in [0.1, 0.15) is 37.1 Å². The molecule has 5 aromatic rings. The summed E-state index contributed by atoms with van der Waals surface area (Å²) in [7, 11) is 1.58. The van der Waals surface area contributed by atoms with E-state index in [1.165, 1.54) is 16.2 Å². The van der Waals surface area contributed by atoms with E-state index in [1.54, 1.807) is 61.7 Å². The van der Waals surface area contributed by atoms with Gasteiger partial charge in [0, 0.05) is 5.56 Å². The summed E-state index contributed by atoms with van der Waals surface area (Å²) in [5, 5.41) is 11.9. The van der Waals surface area contributed by atoms with E-state index >= 15 is 0 Å². The number of hydrogen-bond acceptors (Lipinski definition) is 9. The Kier molecular flexibility index (Phi) is 7.11. The molecule has 1 amide bonds. The summed E-state index contributed by atoms with van der Waals surface area (Å²) in [6, 6.07) is 26.3. The van der Waals surface area contributed by atoms with E-state index in [2.05, 4.69) is 4.98 Å². The van der Waals surface area contributed by atoms with Crippen molar-refractivity contribution in [2.45, 2.75) is 12.6 Å². The van der Waals surface area contributed by atoms with E-state index in [0.717, 1.165) is 10.3 Å². The normalized spacial score (nSPS) is 17.2. The number of Topliss-reactive ketones (excluding diaryl/α,β-unsaturated/α-hetero) is 1. The Morgan fingerprint density at radius 2 is 1.68 bits per heavy atom. The number of aliphatic hydroxyl groups excluding tert-OH is 1. The lowest BCUT2D eigenvalue weighted by molar-refractivity contribution is -0.132. The molecule has 0 aliphatic carbocycles. The molecule has 0 bridgehead atoms. The highest BCUT2D eigenvalue weighted by Gasteiger charge is 2.48. The van der Waals surface area contributed by atoms with Crippen molar-refractivity contribution in [3.05, 3.63) is 113 Å². The maximum absolute atomic E-state index is 13.7. The van der Waals surface area contributed by atoms with E-state index < -0.39 is 17.7 Å². The first-order valence-corrected chi connectivity index (χ1v) is 14.7. The van der Waals surface area contributed by atoms with Gasteiger partial charge in [-0.2, -0.15) is 0 Å². The van der Waals surface area contributed by atoms with E-state index in [1.807, 2.05) is 36.4 Å². The van der Waals surface area contributed by atoms with E-state index in [4.69, 9.17) is 18.9 Å². The van der Waals surface area contributed by atoms with Crippen molar-refractivity contribution in [3.63, 3.8) is 0 Å². The van der Waals surface area contributed by atoms with Gasteiger partial charge in [-0.1, -0.05) is 53.8 Å². The highest BCUT2D eigenvalue weighted by atomic mass is 32.1. The molecule has 2 aliphatic heterocycles. The Balaban J connectivity index is 1.31. The number of amides is 1. The van der Waals surface area contributed by atoms with Gasteiger partial charge in [0.25, 0.3) is 5.78 Å². The average molecular weight is 607 g/mol. The van der Waals surface area contributed by atoms with Gasteiger partial charge in [0.15, 0.2) is 16.6 Å². The van der Waals surface area contributed by atoms with Crippen LogP contribution >= 0.6 is 11.3 Å². The van der Waals surface area contributed by atoms with Crippen LogP contribution in [0, 0.1) is 0 Å². The van der Waals surface area contributed by atoms with Gasteiger partial charge in [-0.15, -0.1) is 0 Å². The number of ether oxygens (including phenoxy) is 4. The van der Waals surface area contributed by atoms with Crippen LogP contribution in [-0.4, -0.2) is 42.1 Å². The van der Waals surface area contributed by atoms with Gasteiger partial charge in [0.05, 0.1) is 28.9 Å². The molecule has 44 heavy (non-hydrogen) atoms. The Morgan fingerprint density at radius 1 is 0.932 bits per heavy atom. The highest BCUT2D eigenvalue weighted by molar-refractivity contribution is 7.22. The fraction of sp³-hybridized carbons (Fsp3) is 0.147. The fourth-order valence-electron chi connectivity index (χ4n) is 5.30. The molecular weight excluding hydrogens is 580 g/mol. The standard InChI is InChI=1S/C34H26N2O7S/c1-40-24-12-13-25-28(18-24)44-34(35-25)36-30(21-7-10-23(11-8-21)43-19-20-5-3-2-4-6-20)29(32(38)33(36)39)31(37)22-9-14-26-27(17-22)42-16-15-41-26/h2-14,17-18,30,37H,15-16,19H2,1H3/t30-/m1/s1. The molecule has 10 heteroatoms. The molecule has 1 N–H and O–H groups in total. The number of rotatable bonds is 7. The summed E-state index contributed by atoms with van der Waals surface area (Å²) in [5.41, 5.74) is 2.56. The molecule has 0 unspecified atom stereocenters. The van der Waals surface area contributed by atoms with Crippen LogP contribution in [0.3, 0.4) is 0 Å². The molecular formula is C34H26N2O7S.